The van der Waals surface area contributed by atoms with Crippen molar-refractivity contribution in [2.45, 2.75) is 46.1 Å². The second-order valence-corrected chi connectivity index (χ2v) is 8.17. The highest BCUT2D eigenvalue weighted by atomic mass is 19.2. The van der Waals surface area contributed by atoms with Crippen molar-refractivity contribution in [3.05, 3.63) is 57.9 Å². The number of hydrogen-bond donors (Lipinski definition) is 0. The molecule has 1 aromatic heterocycles. The van der Waals surface area contributed by atoms with Crippen molar-refractivity contribution in [2.24, 2.45) is 0 Å². The molecule has 0 N–H and O–H groups in total. The topological polar surface area (TPSA) is 28.5 Å². The molecule has 29 heavy (non-hydrogen) atoms. The Kier molecular flexibility index (Phi) is 5.72. The summed E-state index contributed by atoms with van der Waals surface area (Å²) in [6, 6.07) is 4.02. The number of rotatable bonds is 4. The number of likely N-dealkylation sites (N-methyl/N-ethyl adjacent to an activating group) is 1. The molecule has 0 bridgehead atoms. The van der Waals surface area contributed by atoms with Crippen LogP contribution in [0.3, 0.4) is 0 Å². The van der Waals surface area contributed by atoms with Gasteiger partial charge in [0.05, 0.1) is 0 Å². The minimum atomic E-state index is -0.844. The summed E-state index contributed by atoms with van der Waals surface area (Å²) in [5, 5.41) is 0. The molecule has 2 aliphatic rings. The summed E-state index contributed by atoms with van der Waals surface area (Å²) in [7, 11) is 0. The molecule has 1 amide bonds. The highest BCUT2D eigenvalue weighted by Crippen LogP contribution is 2.31. The normalized spacial score (nSPS) is 17.4. The van der Waals surface area contributed by atoms with Gasteiger partial charge in [-0.25, -0.2) is 8.78 Å². The summed E-state index contributed by atoms with van der Waals surface area (Å²) in [5.74, 6) is -1.62. The highest BCUT2D eigenvalue weighted by molar-refractivity contribution is 5.95. The first-order valence-corrected chi connectivity index (χ1v) is 10.7. The molecule has 6 heteroatoms. The van der Waals surface area contributed by atoms with Gasteiger partial charge < -0.3 is 14.4 Å². The zero-order valence-electron chi connectivity index (χ0n) is 17.3. The fourth-order valence-electron chi connectivity index (χ4n) is 4.76. The van der Waals surface area contributed by atoms with Gasteiger partial charge in [-0.3, -0.25) is 4.79 Å². The van der Waals surface area contributed by atoms with E-state index in [1.165, 1.54) is 23.4 Å². The lowest BCUT2D eigenvalue weighted by molar-refractivity contribution is 0.0632. The zero-order valence-corrected chi connectivity index (χ0v) is 17.3. The molecule has 1 fully saturated rings. The van der Waals surface area contributed by atoms with Crippen molar-refractivity contribution in [2.75, 3.05) is 32.7 Å². The fourth-order valence-corrected chi connectivity index (χ4v) is 4.76. The van der Waals surface area contributed by atoms with Gasteiger partial charge in [-0.05, 0) is 68.0 Å². The van der Waals surface area contributed by atoms with Crippen LogP contribution in [0.4, 0.5) is 8.78 Å². The maximum atomic E-state index is 13.8. The largest absolute Gasteiger partial charge is 0.336 e. The molecule has 0 atom stereocenters. The Morgan fingerprint density at radius 1 is 1.03 bits per heavy atom. The average molecular weight is 402 g/mol. The van der Waals surface area contributed by atoms with Crippen LogP contribution in [0.15, 0.2) is 18.2 Å². The van der Waals surface area contributed by atoms with Crippen LogP contribution in [-0.4, -0.2) is 53.0 Å². The van der Waals surface area contributed by atoms with Gasteiger partial charge in [0.25, 0.3) is 5.91 Å². The summed E-state index contributed by atoms with van der Waals surface area (Å²) < 4.78 is 29.2. The van der Waals surface area contributed by atoms with Crippen LogP contribution in [0.25, 0.3) is 0 Å². The van der Waals surface area contributed by atoms with Gasteiger partial charge in [0.2, 0.25) is 0 Å². The highest BCUT2D eigenvalue weighted by Gasteiger charge is 2.30. The number of carbonyl (C=O) groups excluding carboxylic acids is 1. The number of halogens is 2. The Morgan fingerprint density at radius 3 is 2.45 bits per heavy atom. The van der Waals surface area contributed by atoms with E-state index in [0.717, 1.165) is 69.7 Å². The maximum Gasteiger partial charge on any atom is 0.270 e. The molecule has 2 heterocycles. The molecule has 0 radical (unpaired) electrons. The lowest BCUT2D eigenvalue weighted by atomic mass is 9.95. The summed E-state index contributed by atoms with van der Waals surface area (Å²) in [5.41, 5.74) is 4.93. The molecular weight excluding hydrogens is 372 g/mol. The lowest BCUT2D eigenvalue weighted by Crippen LogP contribution is -2.49. The molecule has 156 valence electrons. The Morgan fingerprint density at radius 2 is 1.76 bits per heavy atom. The van der Waals surface area contributed by atoms with E-state index in [9.17, 15) is 13.6 Å². The number of aromatic nitrogens is 1. The Balaban J connectivity index is 1.70. The van der Waals surface area contributed by atoms with Crippen molar-refractivity contribution < 1.29 is 13.6 Å². The molecule has 1 aliphatic heterocycles. The predicted molar refractivity (Wildman–Crippen MR) is 109 cm³/mol. The number of fused-ring (bicyclic) bond motifs is 1. The van der Waals surface area contributed by atoms with Gasteiger partial charge in [0, 0.05) is 38.4 Å². The number of carbonyl (C=O) groups is 1. The molecule has 1 aromatic carbocycles. The van der Waals surface area contributed by atoms with Crippen LogP contribution >= 0.6 is 0 Å². The van der Waals surface area contributed by atoms with Gasteiger partial charge in [-0.1, -0.05) is 13.0 Å². The van der Waals surface area contributed by atoms with Crippen LogP contribution < -0.4 is 0 Å². The van der Waals surface area contributed by atoms with Gasteiger partial charge in [-0.15, -0.1) is 0 Å². The van der Waals surface area contributed by atoms with E-state index in [2.05, 4.69) is 16.4 Å². The first-order valence-electron chi connectivity index (χ1n) is 10.7. The van der Waals surface area contributed by atoms with Crippen molar-refractivity contribution in [1.29, 1.82) is 0 Å². The van der Waals surface area contributed by atoms with Crippen LogP contribution in [0.2, 0.25) is 0 Å². The summed E-state index contributed by atoms with van der Waals surface area (Å²) in [6.07, 6.45) is 4.13. The average Bonchev–Trinajstić information content (AvgIpc) is 3.02. The lowest BCUT2D eigenvalue weighted by Gasteiger charge is -2.34. The first-order chi connectivity index (χ1) is 14.0. The minimum absolute atomic E-state index is 0.0650. The van der Waals surface area contributed by atoms with Gasteiger partial charge in [0.1, 0.15) is 5.69 Å². The number of nitrogens with zero attached hydrogens (tertiary/aromatic N) is 3. The maximum absolute atomic E-state index is 13.8. The molecular formula is C23H29F2N3O. The van der Waals surface area contributed by atoms with Gasteiger partial charge in [-0.2, -0.15) is 0 Å². The predicted octanol–water partition coefficient (Wildman–Crippen LogP) is 3.78. The van der Waals surface area contributed by atoms with Crippen LogP contribution in [-0.2, 0) is 19.4 Å². The van der Waals surface area contributed by atoms with Crippen molar-refractivity contribution >= 4 is 5.91 Å². The van der Waals surface area contributed by atoms with Gasteiger partial charge in [0.15, 0.2) is 11.6 Å². The Hall–Kier alpha value is -2.21. The zero-order chi connectivity index (χ0) is 20.5. The smallest absolute Gasteiger partial charge is 0.270 e. The molecule has 1 aliphatic carbocycles. The third kappa shape index (κ3) is 3.82. The van der Waals surface area contributed by atoms with Crippen molar-refractivity contribution in [1.82, 2.24) is 14.4 Å². The standard InChI is InChI=1S/C23H29F2N3O/c1-3-26-10-12-27(13-11-26)23(29)22-16(2)18-6-4-5-7-21(18)28(22)15-17-8-9-19(24)20(25)14-17/h8-9,14H,3-7,10-13,15H2,1-2H3. The van der Waals surface area contributed by atoms with E-state index >= 15 is 0 Å². The summed E-state index contributed by atoms with van der Waals surface area (Å²) >= 11 is 0. The van der Waals surface area contributed by atoms with Crippen molar-refractivity contribution in [3.8, 4) is 0 Å². The third-order valence-corrected chi connectivity index (χ3v) is 6.48. The van der Waals surface area contributed by atoms with Crippen LogP contribution in [0.5, 0.6) is 0 Å². The van der Waals surface area contributed by atoms with Crippen LogP contribution in [0.1, 0.15) is 52.6 Å². The monoisotopic (exact) mass is 401 g/mol. The van der Waals surface area contributed by atoms with E-state index < -0.39 is 11.6 Å². The molecule has 0 saturated carbocycles. The Bertz CT molecular complexity index is 913. The minimum Gasteiger partial charge on any atom is -0.336 e. The molecule has 2 aromatic rings. The quantitative estimate of drug-likeness (QED) is 0.780. The summed E-state index contributed by atoms with van der Waals surface area (Å²) in [4.78, 5) is 17.8. The van der Waals surface area contributed by atoms with E-state index in [1.807, 2.05) is 11.8 Å². The molecule has 1 saturated heterocycles. The SMILES string of the molecule is CCN1CCN(C(=O)c2c(C)c3c(n2Cc2ccc(F)c(F)c2)CCCC3)CC1. The van der Waals surface area contributed by atoms with E-state index in [-0.39, 0.29) is 5.91 Å². The molecule has 4 rings (SSSR count). The number of benzene rings is 1. The Labute approximate surface area is 171 Å². The second kappa shape index (κ2) is 8.27. The fraction of sp³-hybridized carbons (Fsp3) is 0.522. The third-order valence-electron chi connectivity index (χ3n) is 6.48. The van der Waals surface area contributed by atoms with Crippen molar-refractivity contribution in [3.63, 3.8) is 0 Å². The second-order valence-electron chi connectivity index (χ2n) is 8.17. The number of hydrogen-bond acceptors (Lipinski definition) is 2. The van der Waals surface area contributed by atoms with E-state index in [0.29, 0.717) is 12.1 Å². The van der Waals surface area contributed by atoms with Gasteiger partial charge >= 0.3 is 0 Å². The van der Waals surface area contributed by atoms with E-state index in [4.69, 9.17) is 0 Å². The van der Waals surface area contributed by atoms with E-state index in [1.54, 1.807) is 6.07 Å². The van der Waals surface area contributed by atoms with Crippen LogP contribution in [0, 0.1) is 18.6 Å². The summed E-state index contributed by atoms with van der Waals surface area (Å²) in [6.45, 7) is 8.82. The number of amides is 1. The molecule has 0 spiro atoms. The molecule has 4 nitrogen and oxygen atoms in total. The number of piperazine rings is 1. The molecule has 0 unspecified atom stereocenters. The first kappa shape index (κ1) is 20.1.